The first-order valence-electron chi connectivity index (χ1n) is 10.1. The number of carbonyl (C=O) groups is 2. The number of hydrogen-bond acceptors (Lipinski definition) is 6. The van der Waals surface area contributed by atoms with Gasteiger partial charge in [-0.15, -0.1) is 0 Å². The number of hydrogen-bond donors (Lipinski definition) is 1. The van der Waals surface area contributed by atoms with Crippen molar-refractivity contribution in [1.82, 2.24) is 24.8 Å². The molecule has 2 aromatic rings. The number of piperidine rings is 1. The summed E-state index contributed by atoms with van der Waals surface area (Å²) in [6.07, 6.45) is 5.71. The van der Waals surface area contributed by atoms with Crippen LogP contribution in [0.1, 0.15) is 53.1 Å². The van der Waals surface area contributed by atoms with Gasteiger partial charge in [-0.25, -0.2) is 9.97 Å². The molecule has 152 valence electrons. The van der Waals surface area contributed by atoms with E-state index in [0.717, 1.165) is 42.2 Å². The number of fused-ring (bicyclic) bond motifs is 1. The van der Waals surface area contributed by atoms with Gasteiger partial charge >= 0.3 is 0 Å². The van der Waals surface area contributed by atoms with E-state index in [4.69, 9.17) is 9.97 Å². The van der Waals surface area contributed by atoms with E-state index in [0.29, 0.717) is 31.7 Å². The first kappa shape index (κ1) is 19.3. The highest BCUT2D eigenvalue weighted by atomic mass is 16.2. The zero-order valence-electron chi connectivity index (χ0n) is 16.9. The maximum atomic E-state index is 12.7. The zero-order valence-corrected chi connectivity index (χ0v) is 16.9. The number of pyridine rings is 1. The second kappa shape index (κ2) is 8.14. The molecule has 29 heavy (non-hydrogen) atoms. The minimum Gasteiger partial charge on any atom is -0.373 e. The van der Waals surface area contributed by atoms with Crippen molar-refractivity contribution in [3.63, 3.8) is 0 Å². The fourth-order valence-electron chi connectivity index (χ4n) is 4.13. The Kier molecular flexibility index (Phi) is 5.42. The fourth-order valence-corrected chi connectivity index (χ4v) is 4.13. The molecule has 2 aliphatic heterocycles. The fraction of sp³-hybridized carbons (Fsp3) is 0.476. The largest absolute Gasteiger partial charge is 0.373 e. The van der Waals surface area contributed by atoms with E-state index >= 15 is 0 Å². The predicted molar refractivity (Wildman–Crippen MR) is 108 cm³/mol. The maximum Gasteiger partial charge on any atom is 0.253 e. The van der Waals surface area contributed by atoms with Crippen molar-refractivity contribution in [2.75, 3.05) is 32.0 Å². The van der Waals surface area contributed by atoms with Gasteiger partial charge in [-0.1, -0.05) is 0 Å². The van der Waals surface area contributed by atoms with Gasteiger partial charge in [0.05, 0.1) is 12.2 Å². The number of rotatable bonds is 3. The van der Waals surface area contributed by atoms with Crippen LogP contribution in [0, 0.1) is 0 Å². The highest BCUT2D eigenvalue weighted by molar-refractivity contribution is 5.94. The first-order valence-corrected chi connectivity index (χ1v) is 10.1. The van der Waals surface area contributed by atoms with Crippen molar-refractivity contribution in [2.45, 2.75) is 38.6 Å². The standard InChI is InChI=1S/C21H26N6O2/c1-14(28)27-12-7-17-18(13-27)24-19(25-20(17)22-2)15-5-10-26(11-6-15)21(29)16-3-8-23-9-4-16/h3-4,8-9,15H,5-7,10-13H2,1-2H3,(H,22,24,25). The summed E-state index contributed by atoms with van der Waals surface area (Å²) in [6, 6.07) is 3.50. The van der Waals surface area contributed by atoms with E-state index in [1.807, 2.05) is 16.8 Å². The van der Waals surface area contributed by atoms with E-state index in [1.165, 1.54) is 0 Å². The average molecular weight is 394 g/mol. The molecule has 1 fully saturated rings. The molecule has 2 aliphatic rings. The Morgan fingerprint density at radius 1 is 1.07 bits per heavy atom. The third kappa shape index (κ3) is 3.92. The lowest BCUT2D eigenvalue weighted by atomic mass is 9.94. The molecule has 0 unspecified atom stereocenters. The van der Waals surface area contributed by atoms with Crippen LogP contribution in [-0.2, 0) is 17.8 Å². The number of anilines is 1. The lowest BCUT2D eigenvalue weighted by Gasteiger charge is -2.33. The van der Waals surface area contributed by atoms with Gasteiger partial charge in [-0.2, -0.15) is 0 Å². The van der Waals surface area contributed by atoms with E-state index in [1.54, 1.807) is 31.5 Å². The molecule has 0 aromatic carbocycles. The van der Waals surface area contributed by atoms with Crippen LogP contribution in [0.5, 0.6) is 0 Å². The highest BCUT2D eigenvalue weighted by Crippen LogP contribution is 2.30. The van der Waals surface area contributed by atoms with Crippen LogP contribution < -0.4 is 5.32 Å². The molecule has 8 heteroatoms. The van der Waals surface area contributed by atoms with Gasteiger partial charge in [0.15, 0.2) is 0 Å². The average Bonchev–Trinajstić information content (AvgIpc) is 2.78. The number of aromatic nitrogens is 3. The molecule has 0 bridgehead atoms. The molecule has 2 amide bonds. The molecule has 0 radical (unpaired) electrons. The Labute approximate surface area is 170 Å². The van der Waals surface area contributed by atoms with Crippen LogP contribution in [0.4, 0.5) is 5.82 Å². The second-order valence-electron chi connectivity index (χ2n) is 7.60. The molecular formula is C21H26N6O2. The number of likely N-dealkylation sites (tertiary alicyclic amines) is 1. The van der Waals surface area contributed by atoms with Gasteiger partial charge in [0.1, 0.15) is 11.6 Å². The summed E-state index contributed by atoms with van der Waals surface area (Å²) >= 11 is 0. The first-order chi connectivity index (χ1) is 14.1. The van der Waals surface area contributed by atoms with Crippen LogP contribution >= 0.6 is 0 Å². The summed E-state index contributed by atoms with van der Waals surface area (Å²) in [5, 5.41) is 3.20. The van der Waals surface area contributed by atoms with E-state index in [2.05, 4.69) is 10.3 Å². The topological polar surface area (TPSA) is 91.3 Å². The molecule has 0 saturated carbocycles. The summed E-state index contributed by atoms with van der Waals surface area (Å²) in [5.74, 6) is 2.01. The lowest BCUT2D eigenvalue weighted by molar-refractivity contribution is -0.129. The van der Waals surface area contributed by atoms with E-state index in [9.17, 15) is 9.59 Å². The minimum atomic E-state index is 0.0465. The van der Waals surface area contributed by atoms with Crippen LogP contribution in [0.3, 0.4) is 0 Å². The monoisotopic (exact) mass is 394 g/mol. The van der Waals surface area contributed by atoms with Crippen molar-refractivity contribution in [2.24, 2.45) is 0 Å². The van der Waals surface area contributed by atoms with Crippen molar-refractivity contribution >= 4 is 17.6 Å². The predicted octanol–water partition coefficient (Wildman–Crippen LogP) is 1.84. The van der Waals surface area contributed by atoms with Crippen LogP contribution in [0.15, 0.2) is 24.5 Å². The smallest absolute Gasteiger partial charge is 0.253 e. The van der Waals surface area contributed by atoms with Crippen molar-refractivity contribution in [1.29, 1.82) is 0 Å². The number of nitrogens with zero attached hydrogens (tertiary/aromatic N) is 5. The Bertz CT molecular complexity index is 909. The van der Waals surface area contributed by atoms with Crippen molar-refractivity contribution in [3.8, 4) is 0 Å². The minimum absolute atomic E-state index is 0.0465. The lowest BCUT2D eigenvalue weighted by Crippen LogP contribution is -2.39. The molecule has 4 heterocycles. The Morgan fingerprint density at radius 2 is 1.79 bits per heavy atom. The SMILES string of the molecule is CNc1nc(C2CCN(C(=O)c3ccncc3)CC2)nc2c1CCN(C(C)=O)C2. The van der Waals surface area contributed by atoms with Gasteiger partial charge in [0.2, 0.25) is 5.91 Å². The number of carbonyl (C=O) groups excluding carboxylic acids is 2. The van der Waals surface area contributed by atoms with E-state index in [-0.39, 0.29) is 17.7 Å². The molecule has 1 N–H and O–H groups in total. The summed E-state index contributed by atoms with van der Waals surface area (Å²) < 4.78 is 0. The molecular weight excluding hydrogens is 368 g/mol. The molecule has 0 atom stereocenters. The van der Waals surface area contributed by atoms with E-state index < -0.39 is 0 Å². The summed E-state index contributed by atoms with van der Waals surface area (Å²) in [4.78, 5) is 41.8. The van der Waals surface area contributed by atoms with Gasteiger partial charge in [0, 0.05) is 63.0 Å². The maximum absolute atomic E-state index is 12.7. The van der Waals surface area contributed by atoms with Gasteiger partial charge in [-0.05, 0) is 31.4 Å². The molecule has 0 spiro atoms. The molecule has 0 aliphatic carbocycles. The molecule has 2 aromatic heterocycles. The highest BCUT2D eigenvalue weighted by Gasteiger charge is 2.29. The number of nitrogens with one attached hydrogen (secondary N) is 1. The van der Waals surface area contributed by atoms with Gasteiger partial charge in [-0.3, -0.25) is 14.6 Å². The van der Waals surface area contributed by atoms with Gasteiger partial charge < -0.3 is 15.1 Å². The van der Waals surface area contributed by atoms with Crippen LogP contribution in [-0.4, -0.2) is 63.2 Å². The summed E-state index contributed by atoms with van der Waals surface area (Å²) in [5.41, 5.74) is 2.72. The Balaban J connectivity index is 1.49. The Hall–Kier alpha value is -3.03. The Morgan fingerprint density at radius 3 is 2.45 bits per heavy atom. The quantitative estimate of drug-likeness (QED) is 0.854. The van der Waals surface area contributed by atoms with Gasteiger partial charge in [0.25, 0.3) is 5.91 Å². The zero-order chi connectivity index (χ0) is 20.4. The third-order valence-corrected chi connectivity index (χ3v) is 5.84. The normalized spacial score (nSPS) is 17.0. The second-order valence-corrected chi connectivity index (χ2v) is 7.60. The third-order valence-electron chi connectivity index (χ3n) is 5.84. The molecule has 8 nitrogen and oxygen atoms in total. The molecule has 1 saturated heterocycles. The van der Waals surface area contributed by atoms with Crippen molar-refractivity contribution in [3.05, 3.63) is 47.2 Å². The van der Waals surface area contributed by atoms with Crippen LogP contribution in [0.25, 0.3) is 0 Å². The summed E-state index contributed by atoms with van der Waals surface area (Å²) in [7, 11) is 1.87. The number of amides is 2. The molecule has 4 rings (SSSR count). The van der Waals surface area contributed by atoms with Crippen LogP contribution in [0.2, 0.25) is 0 Å². The van der Waals surface area contributed by atoms with Crippen molar-refractivity contribution < 1.29 is 9.59 Å². The summed E-state index contributed by atoms with van der Waals surface area (Å²) in [6.45, 7) is 4.20.